The maximum absolute atomic E-state index is 13.2. The maximum atomic E-state index is 13.2. The summed E-state index contributed by atoms with van der Waals surface area (Å²) in [7, 11) is 0.957. The second kappa shape index (κ2) is 4.47. The molecule has 7 heteroatoms. The molecule has 84 valence electrons. The van der Waals surface area contributed by atoms with E-state index in [1.54, 1.807) is 0 Å². The van der Waals surface area contributed by atoms with Gasteiger partial charge in [-0.2, -0.15) is 0 Å². The van der Waals surface area contributed by atoms with E-state index in [4.69, 9.17) is 0 Å². The maximum Gasteiger partial charge on any atom is 0.347 e. The Morgan fingerprint density at radius 1 is 1.56 bits per heavy atom. The summed E-state index contributed by atoms with van der Waals surface area (Å²) in [6.07, 6.45) is 0.171. The monoisotopic (exact) mass is 227 g/mol. The highest BCUT2D eigenvalue weighted by molar-refractivity contribution is 5.98. The van der Waals surface area contributed by atoms with Crippen LogP contribution in [0.2, 0.25) is 0 Å². The van der Waals surface area contributed by atoms with E-state index in [0.29, 0.717) is 0 Å². The minimum Gasteiger partial charge on any atom is -0.465 e. The van der Waals surface area contributed by atoms with Crippen molar-refractivity contribution >= 4 is 17.9 Å². The average molecular weight is 227 g/mol. The Balaban J connectivity index is 3.60. The smallest absolute Gasteiger partial charge is 0.347 e. The lowest BCUT2D eigenvalue weighted by Gasteiger charge is -2.03. The van der Waals surface area contributed by atoms with Crippen LogP contribution in [0.3, 0.4) is 0 Å². The standard InChI is InChI=1S/C9H6FNO5/c1-16-9(13)7-6(10)3-2-5(4-12)8(7)11(14)15/h2-4H,1H3. The van der Waals surface area contributed by atoms with Crippen molar-refractivity contribution in [2.45, 2.75) is 0 Å². The number of hydrogen-bond acceptors (Lipinski definition) is 5. The summed E-state index contributed by atoms with van der Waals surface area (Å²) in [5.74, 6) is -2.31. The van der Waals surface area contributed by atoms with Crippen molar-refractivity contribution in [1.82, 2.24) is 0 Å². The first-order chi connectivity index (χ1) is 7.52. The number of nitro benzene ring substituents is 1. The molecule has 0 radical (unpaired) electrons. The zero-order valence-electron chi connectivity index (χ0n) is 8.10. The predicted molar refractivity (Wildman–Crippen MR) is 49.8 cm³/mol. The van der Waals surface area contributed by atoms with Gasteiger partial charge in [0.15, 0.2) is 11.8 Å². The van der Waals surface area contributed by atoms with Gasteiger partial charge in [0.1, 0.15) is 5.82 Å². The van der Waals surface area contributed by atoms with Gasteiger partial charge in [0.25, 0.3) is 5.69 Å². The first-order valence-corrected chi connectivity index (χ1v) is 4.03. The van der Waals surface area contributed by atoms with E-state index in [-0.39, 0.29) is 11.8 Å². The zero-order chi connectivity index (χ0) is 12.3. The number of aldehydes is 1. The van der Waals surface area contributed by atoms with Gasteiger partial charge in [-0.15, -0.1) is 0 Å². The lowest BCUT2D eigenvalue weighted by molar-refractivity contribution is -0.385. The molecule has 1 aromatic carbocycles. The fourth-order valence-electron chi connectivity index (χ4n) is 1.17. The molecule has 1 aromatic rings. The Labute approximate surface area is 88.8 Å². The molecular formula is C9H6FNO5. The number of hydrogen-bond donors (Lipinski definition) is 0. The molecule has 0 aliphatic heterocycles. The third-order valence-corrected chi connectivity index (χ3v) is 1.86. The van der Waals surface area contributed by atoms with E-state index in [0.717, 1.165) is 19.2 Å². The first kappa shape index (κ1) is 11.8. The van der Waals surface area contributed by atoms with Gasteiger partial charge in [0.2, 0.25) is 0 Å². The summed E-state index contributed by atoms with van der Waals surface area (Å²) >= 11 is 0. The molecule has 1 rings (SSSR count). The molecule has 0 fully saturated rings. The van der Waals surface area contributed by atoms with Gasteiger partial charge in [-0.1, -0.05) is 0 Å². The number of halogens is 1. The summed E-state index contributed by atoms with van der Waals surface area (Å²) in [4.78, 5) is 31.3. The van der Waals surface area contributed by atoms with Gasteiger partial charge in [0.05, 0.1) is 17.6 Å². The van der Waals surface area contributed by atoms with Gasteiger partial charge in [0, 0.05) is 0 Å². The molecule has 0 N–H and O–H groups in total. The molecule has 0 aliphatic carbocycles. The Kier molecular flexibility index (Phi) is 3.29. The highest BCUT2D eigenvalue weighted by Crippen LogP contribution is 2.25. The minimum absolute atomic E-state index is 0.171. The highest BCUT2D eigenvalue weighted by atomic mass is 19.1. The van der Waals surface area contributed by atoms with Crippen LogP contribution < -0.4 is 0 Å². The van der Waals surface area contributed by atoms with Crippen molar-refractivity contribution in [1.29, 1.82) is 0 Å². The summed E-state index contributed by atoms with van der Waals surface area (Å²) < 4.78 is 17.5. The largest absolute Gasteiger partial charge is 0.465 e. The number of nitro groups is 1. The summed E-state index contributed by atoms with van der Waals surface area (Å²) in [6.45, 7) is 0. The normalized spacial score (nSPS) is 9.62. The number of carbonyl (C=O) groups excluding carboxylic acids is 2. The Morgan fingerprint density at radius 2 is 2.19 bits per heavy atom. The zero-order valence-corrected chi connectivity index (χ0v) is 8.10. The molecule has 0 saturated carbocycles. The molecule has 16 heavy (non-hydrogen) atoms. The number of ether oxygens (including phenoxy) is 1. The van der Waals surface area contributed by atoms with Crippen LogP contribution in [-0.4, -0.2) is 24.3 Å². The van der Waals surface area contributed by atoms with E-state index >= 15 is 0 Å². The molecule has 0 atom stereocenters. The molecule has 0 aromatic heterocycles. The average Bonchev–Trinajstić information content (AvgIpc) is 2.27. The molecule has 0 saturated heterocycles. The lowest BCUT2D eigenvalue weighted by atomic mass is 10.1. The summed E-state index contributed by atoms with van der Waals surface area (Å²) in [6, 6.07) is 1.72. The second-order valence-corrected chi connectivity index (χ2v) is 2.73. The van der Waals surface area contributed by atoms with Crippen molar-refractivity contribution in [3.05, 3.63) is 39.2 Å². The molecule has 0 aliphatic rings. The van der Waals surface area contributed by atoms with Gasteiger partial charge >= 0.3 is 5.97 Å². The van der Waals surface area contributed by atoms with Crippen LogP contribution in [0.1, 0.15) is 20.7 Å². The molecule has 0 heterocycles. The lowest BCUT2D eigenvalue weighted by Crippen LogP contribution is -2.10. The van der Waals surface area contributed by atoms with Crippen LogP contribution in [0.25, 0.3) is 0 Å². The van der Waals surface area contributed by atoms with Crippen LogP contribution in [0, 0.1) is 15.9 Å². The van der Waals surface area contributed by atoms with Crippen LogP contribution in [0.4, 0.5) is 10.1 Å². The highest BCUT2D eigenvalue weighted by Gasteiger charge is 2.29. The number of benzene rings is 1. The van der Waals surface area contributed by atoms with E-state index in [1.807, 2.05) is 0 Å². The SMILES string of the molecule is COC(=O)c1c(F)ccc(C=O)c1[N+](=O)[O-]. The first-order valence-electron chi connectivity index (χ1n) is 4.03. The third-order valence-electron chi connectivity index (χ3n) is 1.86. The van der Waals surface area contributed by atoms with Crippen molar-refractivity contribution in [2.75, 3.05) is 7.11 Å². The number of esters is 1. The second-order valence-electron chi connectivity index (χ2n) is 2.73. The van der Waals surface area contributed by atoms with Gasteiger partial charge in [-0.25, -0.2) is 9.18 Å². The topological polar surface area (TPSA) is 86.5 Å². The molecule has 0 bridgehead atoms. The van der Waals surface area contributed by atoms with Crippen molar-refractivity contribution < 1.29 is 23.6 Å². The molecular weight excluding hydrogens is 221 g/mol. The Hall–Kier alpha value is -2.31. The van der Waals surface area contributed by atoms with Gasteiger partial charge in [-0.05, 0) is 12.1 Å². The summed E-state index contributed by atoms with van der Waals surface area (Å²) in [5.41, 5.74) is -2.12. The van der Waals surface area contributed by atoms with Crippen molar-refractivity contribution in [3.8, 4) is 0 Å². The van der Waals surface area contributed by atoms with E-state index < -0.39 is 28.0 Å². The van der Waals surface area contributed by atoms with E-state index in [9.17, 15) is 24.1 Å². The Morgan fingerprint density at radius 3 is 2.62 bits per heavy atom. The van der Waals surface area contributed by atoms with Gasteiger partial charge < -0.3 is 4.74 Å². The minimum atomic E-state index is -1.20. The van der Waals surface area contributed by atoms with Crippen LogP contribution in [-0.2, 0) is 4.74 Å². The van der Waals surface area contributed by atoms with E-state index in [1.165, 1.54) is 0 Å². The number of methoxy groups -OCH3 is 1. The Bertz CT molecular complexity index is 471. The van der Waals surface area contributed by atoms with Crippen LogP contribution >= 0.6 is 0 Å². The number of rotatable bonds is 3. The fourth-order valence-corrected chi connectivity index (χ4v) is 1.17. The van der Waals surface area contributed by atoms with Crippen molar-refractivity contribution in [2.24, 2.45) is 0 Å². The summed E-state index contributed by atoms with van der Waals surface area (Å²) in [5, 5.41) is 10.6. The number of carbonyl (C=O) groups is 2. The van der Waals surface area contributed by atoms with Crippen molar-refractivity contribution in [3.63, 3.8) is 0 Å². The van der Waals surface area contributed by atoms with Crippen LogP contribution in [0.5, 0.6) is 0 Å². The molecule has 0 spiro atoms. The number of nitrogens with zero attached hydrogens (tertiary/aromatic N) is 1. The fraction of sp³-hybridized carbons (Fsp3) is 0.111. The predicted octanol–water partition coefficient (Wildman–Crippen LogP) is 1.33. The quantitative estimate of drug-likeness (QED) is 0.336. The molecule has 6 nitrogen and oxygen atoms in total. The third kappa shape index (κ3) is 1.88. The van der Waals surface area contributed by atoms with Gasteiger partial charge in [-0.3, -0.25) is 14.9 Å². The van der Waals surface area contributed by atoms with E-state index in [2.05, 4.69) is 4.74 Å². The van der Waals surface area contributed by atoms with Crippen LogP contribution in [0.15, 0.2) is 12.1 Å². The molecule has 0 unspecified atom stereocenters. The molecule has 0 amide bonds.